The molecule has 2 heterocycles. The van der Waals surface area contributed by atoms with Crippen molar-refractivity contribution >= 4 is 22.1 Å². The number of benzene rings is 2. The zero-order chi connectivity index (χ0) is 19.2. The second kappa shape index (κ2) is 6.39. The van der Waals surface area contributed by atoms with E-state index < -0.39 is 28.1 Å². The van der Waals surface area contributed by atoms with Crippen LogP contribution in [-0.2, 0) is 19.6 Å². The van der Waals surface area contributed by atoms with Crippen LogP contribution in [0.15, 0.2) is 71.3 Å². The first kappa shape index (κ1) is 17.5. The zero-order valence-corrected chi connectivity index (χ0v) is 15.8. The van der Waals surface area contributed by atoms with Crippen molar-refractivity contribution in [2.75, 3.05) is 0 Å². The number of aryl methyl sites for hydroxylation is 1. The van der Waals surface area contributed by atoms with Crippen molar-refractivity contribution in [1.82, 2.24) is 4.31 Å². The van der Waals surface area contributed by atoms with Gasteiger partial charge in [-0.1, -0.05) is 42.0 Å². The summed E-state index contributed by atoms with van der Waals surface area (Å²) in [5, 5.41) is 0. The molecule has 0 saturated heterocycles. The Hall–Kier alpha value is -2.86. The zero-order valence-electron chi connectivity index (χ0n) is 15.0. The summed E-state index contributed by atoms with van der Waals surface area (Å²) in [5.74, 6) is -0.447. The molecule has 0 N–H and O–H groups in total. The lowest BCUT2D eigenvalue weighted by Crippen LogP contribution is -2.40. The molecule has 0 bridgehead atoms. The molecule has 138 valence electrons. The molecule has 2 aromatic rings. The summed E-state index contributed by atoms with van der Waals surface area (Å²) in [6, 6.07) is 13.6. The SMILES string of the molecule is CC1=CC(=O)O[C@H]1[C@H]1c2ccccc2C=CN1S(=O)(=O)c1ccc(C)cc1. The second-order valence-corrected chi connectivity index (χ2v) is 8.63. The van der Waals surface area contributed by atoms with Gasteiger partial charge >= 0.3 is 5.97 Å². The van der Waals surface area contributed by atoms with Gasteiger partial charge in [-0.3, -0.25) is 4.31 Å². The van der Waals surface area contributed by atoms with Gasteiger partial charge in [0, 0.05) is 12.3 Å². The maximum Gasteiger partial charge on any atom is 0.331 e. The molecule has 0 aromatic heterocycles. The predicted molar refractivity (Wildman–Crippen MR) is 102 cm³/mol. The molecule has 2 atom stereocenters. The van der Waals surface area contributed by atoms with E-state index in [1.165, 1.54) is 10.4 Å². The van der Waals surface area contributed by atoms with E-state index >= 15 is 0 Å². The first-order valence-corrected chi connectivity index (χ1v) is 10.1. The minimum absolute atomic E-state index is 0.202. The van der Waals surface area contributed by atoms with E-state index in [0.717, 1.165) is 16.7 Å². The van der Waals surface area contributed by atoms with Crippen molar-refractivity contribution < 1.29 is 17.9 Å². The third-order valence-corrected chi connectivity index (χ3v) is 6.68. The molecule has 0 radical (unpaired) electrons. The molecule has 2 aliphatic rings. The van der Waals surface area contributed by atoms with Crippen LogP contribution in [0.5, 0.6) is 0 Å². The Balaban J connectivity index is 1.85. The summed E-state index contributed by atoms with van der Waals surface area (Å²) in [7, 11) is -3.82. The summed E-state index contributed by atoms with van der Waals surface area (Å²) in [6.45, 7) is 3.69. The molecule has 6 heteroatoms. The minimum Gasteiger partial charge on any atom is -0.452 e. The largest absolute Gasteiger partial charge is 0.452 e. The monoisotopic (exact) mass is 381 g/mol. The van der Waals surface area contributed by atoms with Crippen LogP contribution in [0.25, 0.3) is 6.08 Å². The van der Waals surface area contributed by atoms with Crippen LogP contribution in [-0.4, -0.2) is 24.8 Å². The molecule has 5 nitrogen and oxygen atoms in total. The molecule has 27 heavy (non-hydrogen) atoms. The third kappa shape index (κ3) is 2.96. The molecule has 0 fully saturated rings. The van der Waals surface area contributed by atoms with Crippen molar-refractivity contribution in [1.29, 1.82) is 0 Å². The van der Waals surface area contributed by atoms with Gasteiger partial charge in [-0.15, -0.1) is 0 Å². The highest BCUT2D eigenvalue weighted by atomic mass is 32.2. The predicted octanol–water partition coefficient (Wildman–Crippen LogP) is 3.58. The van der Waals surface area contributed by atoms with Crippen LogP contribution in [0, 0.1) is 6.92 Å². The first-order chi connectivity index (χ1) is 12.9. The van der Waals surface area contributed by atoms with Gasteiger partial charge in [0.05, 0.1) is 4.90 Å². The minimum atomic E-state index is -3.82. The van der Waals surface area contributed by atoms with E-state index in [2.05, 4.69) is 0 Å². The normalized spacial score (nSPS) is 21.6. The fraction of sp³-hybridized carbons (Fsp3) is 0.190. The van der Waals surface area contributed by atoms with E-state index in [4.69, 9.17) is 4.74 Å². The van der Waals surface area contributed by atoms with Crippen molar-refractivity contribution in [2.24, 2.45) is 0 Å². The van der Waals surface area contributed by atoms with Gasteiger partial charge < -0.3 is 4.74 Å². The third-order valence-electron chi connectivity index (χ3n) is 4.91. The lowest BCUT2D eigenvalue weighted by Gasteiger charge is -2.37. The van der Waals surface area contributed by atoms with Crippen LogP contribution in [0.4, 0.5) is 0 Å². The van der Waals surface area contributed by atoms with Gasteiger partial charge in [0.25, 0.3) is 10.0 Å². The fourth-order valence-corrected chi connectivity index (χ4v) is 4.97. The molecular weight excluding hydrogens is 362 g/mol. The van der Waals surface area contributed by atoms with Gasteiger partial charge in [-0.05, 0) is 48.8 Å². The average molecular weight is 381 g/mol. The van der Waals surface area contributed by atoms with Crippen LogP contribution in [0.1, 0.15) is 29.7 Å². The topological polar surface area (TPSA) is 63.7 Å². The highest BCUT2D eigenvalue weighted by molar-refractivity contribution is 7.89. The smallest absolute Gasteiger partial charge is 0.331 e. The molecule has 0 spiro atoms. The number of ether oxygens (including phenoxy) is 1. The van der Waals surface area contributed by atoms with Gasteiger partial charge in [0.2, 0.25) is 0 Å². The summed E-state index contributed by atoms with van der Waals surface area (Å²) in [5.41, 5.74) is 3.41. The Labute approximate surface area is 158 Å². The van der Waals surface area contributed by atoms with Crippen LogP contribution < -0.4 is 0 Å². The Morgan fingerprint density at radius 1 is 1.00 bits per heavy atom. The highest BCUT2D eigenvalue weighted by Crippen LogP contribution is 2.41. The summed E-state index contributed by atoms with van der Waals surface area (Å²) in [4.78, 5) is 12.0. The number of esters is 1. The Morgan fingerprint density at radius 2 is 1.70 bits per heavy atom. The number of nitrogens with zero attached hydrogens (tertiary/aromatic N) is 1. The van der Waals surface area contributed by atoms with Crippen molar-refractivity contribution in [2.45, 2.75) is 30.9 Å². The second-order valence-electron chi connectivity index (χ2n) is 6.78. The Bertz CT molecular complexity index is 1070. The van der Waals surface area contributed by atoms with Crippen molar-refractivity contribution in [3.8, 4) is 0 Å². The number of hydrogen-bond acceptors (Lipinski definition) is 4. The Morgan fingerprint density at radius 3 is 2.37 bits per heavy atom. The maximum absolute atomic E-state index is 13.4. The first-order valence-electron chi connectivity index (χ1n) is 8.64. The lowest BCUT2D eigenvalue weighted by atomic mass is 9.91. The van der Waals surface area contributed by atoms with Gasteiger partial charge in [-0.2, -0.15) is 0 Å². The molecule has 0 saturated carbocycles. The number of hydrogen-bond donors (Lipinski definition) is 0. The lowest BCUT2D eigenvalue weighted by molar-refractivity contribution is -0.140. The summed E-state index contributed by atoms with van der Waals surface area (Å²) >= 11 is 0. The number of sulfonamides is 1. The van der Waals surface area contributed by atoms with Crippen LogP contribution in [0.3, 0.4) is 0 Å². The van der Waals surface area contributed by atoms with Crippen LogP contribution >= 0.6 is 0 Å². The number of rotatable bonds is 3. The van der Waals surface area contributed by atoms with Gasteiger partial charge in [0.15, 0.2) is 0 Å². The molecule has 2 aliphatic heterocycles. The van der Waals surface area contributed by atoms with E-state index in [0.29, 0.717) is 5.57 Å². The quantitative estimate of drug-likeness (QED) is 0.763. The summed E-state index contributed by atoms with van der Waals surface area (Å²) in [6.07, 6.45) is 4.08. The number of carbonyl (C=O) groups excluding carboxylic acids is 1. The van der Waals surface area contributed by atoms with Crippen molar-refractivity contribution in [3.05, 3.63) is 83.1 Å². The Kier molecular flexibility index (Phi) is 4.15. The van der Waals surface area contributed by atoms with E-state index in [1.807, 2.05) is 31.2 Å². The fourth-order valence-electron chi connectivity index (χ4n) is 3.51. The van der Waals surface area contributed by atoms with E-state index in [1.54, 1.807) is 43.5 Å². The van der Waals surface area contributed by atoms with E-state index in [9.17, 15) is 13.2 Å². The van der Waals surface area contributed by atoms with Gasteiger partial charge in [-0.25, -0.2) is 13.2 Å². The molecule has 0 unspecified atom stereocenters. The molecule has 2 aromatic carbocycles. The van der Waals surface area contributed by atoms with E-state index in [-0.39, 0.29) is 4.90 Å². The number of fused-ring (bicyclic) bond motifs is 1. The molecular formula is C21H19NO4S. The maximum atomic E-state index is 13.4. The van der Waals surface area contributed by atoms with Gasteiger partial charge in [0.1, 0.15) is 12.1 Å². The summed E-state index contributed by atoms with van der Waals surface area (Å²) < 4.78 is 33.5. The highest BCUT2D eigenvalue weighted by Gasteiger charge is 2.42. The van der Waals surface area contributed by atoms with Crippen LogP contribution in [0.2, 0.25) is 0 Å². The molecule has 0 amide bonds. The van der Waals surface area contributed by atoms with Crippen molar-refractivity contribution in [3.63, 3.8) is 0 Å². The standard InChI is InChI=1S/C21H19NO4S/c1-14-7-9-17(10-8-14)27(24,25)22-12-11-16-5-3-4-6-18(16)20(22)21-15(2)13-19(23)26-21/h3-13,20-21H,1-2H3/t20-,21-/m1/s1. The number of cyclic esters (lactones) is 1. The average Bonchev–Trinajstić information content (AvgIpc) is 2.99. The molecule has 0 aliphatic carbocycles. The number of carbonyl (C=O) groups is 1. The molecule has 4 rings (SSSR count).